The van der Waals surface area contributed by atoms with Gasteiger partial charge in [-0.15, -0.1) is 0 Å². The second kappa shape index (κ2) is 7.41. The molecule has 2 rings (SSSR count). The fourth-order valence-corrected chi connectivity index (χ4v) is 2.26. The summed E-state index contributed by atoms with van der Waals surface area (Å²) >= 11 is 0. The summed E-state index contributed by atoms with van der Waals surface area (Å²) in [6.45, 7) is 3.62. The third kappa shape index (κ3) is 4.07. The Morgan fingerprint density at radius 2 is 1.87 bits per heavy atom. The van der Waals surface area contributed by atoms with Gasteiger partial charge in [-0.2, -0.15) is 5.26 Å². The highest BCUT2D eigenvalue weighted by Gasteiger charge is 2.09. The first-order chi connectivity index (χ1) is 11.0. The van der Waals surface area contributed by atoms with Gasteiger partial charge < -0.3 is 9.80 Å². The second-order valence-corrected chi connectivity index (χ2v) is 5.42. The van der Waals surface area contributed by atoms with Crippen molar-refractivity contribution in [1.82, 2.24) is 9.88 Å². The van der Waals surface area contributed by atoms with Gasteiger partial charge in [-0.25, -0.2) is 4.98 Å². The second-order valence-electron chi connectivity index (χ2n) is 5.42. The van der Waals surface area contributed by atoms with Gasteiger partial charge in [0.15, 0.2) is 0 Å². The molecule has 5 nitrogen and oxygen atoms in total. The average Bonchev–Trinajstić information content (AvgIpc) is 2.59. The largest absolute Gasteiger partial charge is 0.366 e. The molecule has 1 heterocycles. The van der Waals surface area contributed by atoms with E-state index >= 15 is 0 Å². The molecule has 118 valence electrons. The SMILES string of the molecule is CCN(Cc1ccc(C(=O)N(C)C)cc1)c1ccc(C#N)nc1. The minimum absolute atomic E-state index is 0.000176. The van der Waals surface area contributed by atoms with Crippen LogP contribution in [0.5, 0.6) is 0 Å². The molecule has 0 saturated heterocycles. The number of amides is 1. The van der Waals surface area contributed by atoms with E-state index in [0.29, 0.717) is 11.3 Å². The topological polar surface area (TPSA) is 60.2 Å². The van der Waals surface area contributed by atoms with E-state index < -0.39 is 0 Å². The van der Waals surface area contributed by atoms with Crippen molar-refractivity contribution in [3.8, 4) is 6.07 Å². The van der Waals surface area contributed by atoms with Gasteiger partial charge >= 0.3 is 0 Å². The molecule has 23 heavy (non-hydrogen) atoms. The molecule has 1 aromatic carbocycles. The Kier molecular flexibility index (Phi) is 5.32. The summed E-state index contributed by atoms with van der Waals surface area (Å²) in [6.07, 6.45) is 1.71. The Hall–Kier alpha value is -2.87. The molecular formula is C18H20N4O. The maximum Gasteiger partial charge on any atom is 0.253 e. The molecule has 0 spiro atoms. The van der Waals surface area contributed by atoms with Gasteiger partial charge in [0, 0.05) is 32.7 Å². The van der Waals surface area contributed by atoms with E-state index in [1.54, 1.807) is 31.3 Å². The van der Waals surface area contributed by atoms with Crippen LogP contribution in [0.15, 0.2) is 42.6 Å². The van der Waals surface area contributed by atoms with Crippen molar-refractivity contribution < 1.29 is 4.79 Å². The van der Waals surface area contributed by atoms with Crippen molar-refractivity contribution in [2.45, 2.75) is 13.5 Å². The average molecular weight is 308 g/mol. The highest BCUT2D eigenvalue weighted by Crippen LogP contribution is 2.17. The van der Waals surface area contributed by atoms with Crippen LogP contribution in [0, 0.1) is 11.3 Å². The van der Waals surface area contributed by atoms with Gasteiger partial charge in [0.05, 0.1) is 11.9 Å². The van der Waals surface area contributed by atoms with E-state index in [1.165, 1.54) is 0 Å². The lowest BCUT2D eigenvalue weighted by atomic mass is 10.1. The first kappa shape index (κ1) is 16.5. The molecule has 0 aliphatic rings. The number of pyridine rings is 1. The third-order valence-electron chi connectivity index (χ3n) is 3.59. The normalized spacial score (nSPS) is 10.0. The van der Waals surface area contributed by atoms with Crippen LogP contribution < -0.4 is 4.90 Å². The zero-order chi connectivity index (χ0) is 16.8. The van der Waals surface area contributed by atoms with Gasteiger partial charge in [-0.05, 0) is 36.8 Å². The summed E-state index contributed by atoms with van der Waals surface area (Å²) < 4.78 is 0. The molecule has 0 saturated carbocycles. The predicted molar refractivity (Wildman–Crippen MR) is 90.1 cm³/mol. The van der Waals surface area contributed by atoms with Gasteiger partial charge in [0.25, 0.3) is 5.91 Å². The maximum absolute atomic E-state index is 11.9. The van der Waals surface area contributed by atoms with Crippen LogP contribution in [0.4, 0.5) is 5.69 Å². The van der Waals surface area contributed by atoms with Gasteiger partial charge in [0.2, 0.25) is 0 Å². The lowest BCUT2D eigenvalue weighted by Gasteiger charge is -2.23. The molecule has 2 aromatic rings. The zero-order valence-electron chi connectivity index (χ0n) is 13.7. The lowest BCUT2D eigenvalue weighted by molar-refractivity contribution is 0.0827. The molecule has 0 atom stereocenters. The van der Waals surface area contributed by atoms with Crippen LogP contribution in [-0.4, -0.2) is 36.4 Å². The van der Waals surface area contributed by atoms with Crippen LogP contribution in [0.1, 0.15) is 28.5 Å². The number of nitriles is 1. The third-order valence-corrected chi connectivity index (χ3v) is 3.59. The molecule has 0 fully saturated rings. The van der Waals surface area contributed by atoms with Crippen molar-refractivity contribution in [2.75, 3.05) is 25.5 Å². The predicted octanol–water partition coefficient (Wildman–Crippen LogP) is 2.68. The number of nitrogens with zero attached hydrogens (tertiary/aromatic N) is 4. The number of benzene rings is 1. The van der Waals surface area contributed by atoms with Crippen LogP contribution >= 0.6 is 0 Å². The van der Waals surface area contributed by atoms with Crippen molar-refractivity contribution in [1.29, 1.82) is 5.26 Å². The lowest BCUT2D eigenvalue weighted by Crippen LogP contribution is -2.23. The van der Waals surface area contributed by atoms with E-state index in [0.717, 1.165) is 24.3 Å². The highest BCUT2D eigenvalue weighted by atomic mass is 16.2. The van der Waals surface area contributed by atoms with Gasteiger partial charge in [-0.1, -0.05) is 12.1 Å². The minimum atomic E-state index is 0.000176. The van der Waals surface area contributed by atoms with Crippen molar-refractivity contribution in [3.05, 3.63) is 59.4 Å². The number of hydrogen-bond donors (Lipinski definition) is 0. The van der Waals surface area contributed by atoms with E-state index in [2.05, 4.69) is 16.8 Å². The Morgan fingerprint density at radius 3 is 2.35 bits per heavy atom. The van der Waals surface area contributed by atoms with E-state index in [9.17, 15) is 4.79 Å². The number of anilines is 1. The first-order valence-electron chi connectivity index (χ1n) is 7.47. The molecule has 0 aliphatic heterocycles. The molecular weight excluding hydrogens is 288 g/mol. The summed E-state index contributed by atoms with van der Waals surface area (Å²) in [5, 5.41) is 8.81. The maximum atomic E-state index is 11.9. The Labute approximate surface area is 136 Å². The Bertz CT molecular complexity index is 699. The van der Waals surface area contributed by atoms with E-state index in [4.69, 9.17) is 5.26 Å². The highest BCUT2D eigenvalue weighted by molar-refractivity contribution is 5.93. The molecule has 0 radical (unpaired) electrons. The zero-order valence-corrected chi connectivity index (χ0v) is 13.7. The number of rotatable bonds is 5. The van der Waals surface area contributed by atoms with E-state index in [-0.39, 0.29) is 5.91 Å². The molecule has 1 aromatic heterocycles. The van der Waals surface area contributed by atoms with Crippen LogP contribution in [-0.2, 0) is 6.54 Å². The molecule has 0 N–H and O–H groups in total. The molecule has 0 aliphatic carbocycles. The summed E-state index contributed by atoms with van der Waals surface area (Å²) in [4.78, 5) is 19.7. The molecule has 5 heteroatoms. The summed E-state index contributed by atoms with van der Waals surface area (Å²) in [5.41, 5.74) is 3.18. The van der Waals surface area contributed by atoms with Crippen molar-refractivity contribution in [2.24, 2.45) is 0 Å². The smallest absolute Gasteiger partial charge is 0.253 e. The van der Waals surface area contributed by atoms with Crippen LogP contribution in [0.2, 0.25) is 0 Å². The van der Waals surface area contributed by atoms with Gasteiger partial charge in [0.1, 0.15) is 11.8 Å². The Morgan fingerprint density at radius 1 is 1.17 bits per heavy atom. The monoisotopic (exact) mass is 308 g/mol. The summed E-state index contributed by atoms with van der Waals surface area (Å²) in [5.74, 6) is 0.000176. The molecule has 0 bridgehead atoms. The Balaban J connectivity index is 2.12. The first-order valence-corrected chi connectivity index (χ1v) is 7.47. The van der Waals surface area contributed by atoms with Gasteiger partial charge in [-0.3, -0.25) is 4.79 Å². The van der Waals surface area contributed by atoms with Crippen molar-refractivity contribution in [3.63, 3.8) is 0 Å². The fourth-order valence-electron chi connectivity index (χ4n) is 2.26. The minimum Gasteiger partial charge on any atom is -0.366 e. The molecule has 1 amide bonds. The van der Waals surface area contributed by atoms with Crippen molar-refractivity contribution >= 4 is 11.6 Å². The van der Waals surface area contributed by atoms with E-state index in [1.807, 2.05) is 36.4 Å². The standard InChI is InChI=1S/C18H20N4O/c1-4-22(17-10-9-16(11-19)20-12-17)13-14-5-7-15(8-6-14)18(23)21(2)3/h5-10,12H,4,13H2,1-3H3. The van der Waals surface area contributed by atoms with Crippen LogP contribution in [0.25, 0.3) is 0 Å². The molecule has 0 unspecified atom stereocenters. The van der Waals surface area contributed by atoms with Crippen LogP contribution in [0.3, 0.4) is 0 Å². The summed E-state index contributed by atoms with van der Waals surface area (Å²) in [7, 11) is 3.49. The number of carbonyl (C=O) groups excluding carboxylic acids is 1. The fraction of sp³-hybridized carbons (Fsp3) is 0.278. The number of carbonyl (C=O) groups is 1. The quantitative estimate of drug-likeness (QED) is 0.852. The summed E-state index contributed by atoms with van der Waals surface area (Å²) in [6, 6.07) is 13.3. The number of aromatic nitrogens is 1. The number of hydrogen-bond acceptors (Lipinski definition) is 4.